The van der Waals surface area contributed by atoms with Gasteiger partial charge in [0.25, 0.3) is 5.89 Å². The van der Waals surface area contributed by atoms with Crippen LogP contribution in [-0.4, -0.2) is 56.3 Å². The molecule has 1 fully saturated rings. The predicted octanol–water partition coefficient (Wildman–Crippen LogP) is 4.90. The summed E-state index contributed by atoms with van der Waals surface area (Å²) < 4.78 is 99.1. The maximum Gasteiger partial charge on any atom is 0.573 e. The molecule has 2 aromatic carbocycles. The fraction of sp³-hybridized carbons (Fsp3) is 0.318. The van der Waals surface area contributed by atoms with E-state index in [1.54, 1.807) is 0 Å². The van der Waals surface area contributed by atoms with Gasteiger partial charge in [-0.15, -0.1) is 23.4 Å². The van der Waals surface area contributed by atoms with E-state index in [1.165, 1.54) is 29.2 Å². The van der Waals surface area contributed by atoms with E-state index in [1.807, 2.05) is 0 Å². The molecule has 1 aromatic heterocycles. The van der Waals surface area contributed by atoms with Crippen molar-refractivity contribution in [3.05, 3.63) is 59.7 Å². The second-order valence-electron chi connectivity index (χ2n) is 7.80. The first-order chi connectivity index (χ1) is 17.5. The molecule has 15 heteroatoms. The smallest absolute Gasteiger partial charge is 0.415 e. The van der Waals surface area contributed by atoms with Gasteiger partial charge in [0.05, 0.1) is 6.54 Å². The van der Waals surface area contributed by atoms with Crippen LogP contribution in [0.4, 0.5) is 36.8 Å². The number of carbonyl (C=O) groups excluding carboxylic acids is 1. The summed E-state index contributed by atoms with van der Waals surface area (Å²) in [6.45, 7) is -0.108. The molecule has 1 aliphatic heterocycles. The molecule has 0 aliphatic carbocycles. The Bertz CT molecular complexity index is 1290. The molecule has 0 atom stereocenters. The van der Waals surface area contributed by atoms with Gasteiger partial charge in [0.2, 0.25) is 5.89 Å². The lowest BCUT2D eigenvalue weighted by Gasteiger charge is -2.33. The molecule has 0 radical (unpaired) electrons. The third kappa shape index (κ3) is 6.58. The molecule has 0 N–H and O–H groups in total. The average Bonchev–Trinajstić information content (AvgIpc) is 3.33. The summed E-state index contributed by atoms with van der Waals surface area (Å²) in [5, 5.41) is 6.64. The molecule has 0 spiro atoms. The van der Waals surface area contributed by atoms with Crippen molar-refractivity contribution in [2.45, 2.75) is 19.3 Å². The highest BCUT2D eigenvalue weighted by Crippen LogP contribution is 2.30. The monoisotopic (exact) mass is 548 g/mol. The van der Waals surface area contributed by atoms with Crippen LogP contribution in [0, 0.1) is 5.82 Å². The summed E-state index contributed by atoms with van der Waals surface area (Å²) in [6.07, 6.45) is -7.97. The highest BCUT2D eigenvalue weighted by molar-refractivity contribution is 7.85. The molecule has 37 heavy (non-hydrogen) atoms. The zero-order chi connectivity index (χ0) is 26.7. The van der Waals surface area contributed by atoms with Crippen LogP contribution in [0.25, 0.3) is 11.5 Å². The fourth-order valence-electron chi connectivity index (χ4n) is 3.54. The van der Waals surface area contributed by atoms with Crippen LogP contribution in [0.5, 0.6) is 5.75 Å². The molecule has 2 amide bonds. The van der Waals surface area contributed by atoms with Gasteiger partial charge in [-0.25, -0.2) is 9.18 Å². The van der Waals surface area contributed by atoms with Gasteiger partial charge in [-0.3, -0.25) is 9.11 Å². The molecule has 0 saturated carbocycles. The minimum absolute atomic E-state index is 0.000369. The predicted molar refractivity (Wildman–Crippen MR) is 119 cm³/mol. The van der Waals surface area contributed by atoms with Gasteiger partial charge >= 0.3 is 18.8 Å². The summed E-state index contributed by atoms with van der Waals surface area (Å²) in [6, 6.07) is 7.55. The van der Waals surface area contributed by atoms with E-state index in [2.05, 4.69) is 14.9 Å². The number of hydrogen-bond donors (Lipinski definition) is 0. The summed E-state index contributed by atoms with van der Waals surface area (Å²) in [7, 11) is -1.10. The Hall–Kier alpha value is -3.62. The van der Waals surface area contributed by atoms with E-state index in [0.717, 1.165) is 23.1 Å². The van der Waals surface area contributed by atoms with Crippen molar-refractivity contribution < 1.29 is 44.5 Å². The fourth-order valence-corrected chi connectivity index (χ4v) is 4.59. The van der Waals surface area contributed by atoms with Gasteiger partial charge in [-0.2, -0.15) is 8.78 Å². The topological polar surface area (TPSA) is 88.8 Å². The number of carbonyl (C=O) groups is 1. The Morgan fingerprint density at radius 1 is 1.14 bits per heavy atom. The Kier molecular flexibility index (Phi) is 7.71. The van der Waals surface area contributed by atoms with Gasteiger partial charge in [-0.1, -0.05) is 12.1 Å². The number of ether oxygens (including phenoxy) is 1. The summed E-state index contributed by atoms with van der Waals surface area (Å²) in [5.74, 6) is -2.25. The molecular weight excluding hydrogens is 530 g/mol. The Balaban J connectivity index is 1.64. The van der Waals surface area contributed by atoms with Crippen LogP contribution in [-0.2, 0) is 17.3 Å². The Morgan fingerprint density at radius 3 is 2.49 bits per heavy atom. The molecule has 198 valence electrons. The number of aromatic nitrogens is 2. The molecular formula is C22H18F6N4O4S. The maximum atomic E-state index is 15.0. The number of amides is 2. The lowest BCUT2D eigenvalue weighted by Crippen LogP contribution is -2.48. The third-order valence-electron chi connectivity index (χ3n) is 5.30. The highest BCUT2D eigenvalue weighted by Gasteiger charge is 2.32. The zero-order valence-corrected chi connectivity index (χ0v) is 19.6. The highest BCUT2D eigenvalue weighted by atomic mass is 32.2. The number of rotatable bonds is 6. The number of urea groups is 1. The van der Waals surface area contributed by atoms with Gasteiger partial charge in [-0.05, 0) is 24.3 Å². The summed E-state index contributed by atoms with van der Waals surface area (Å²) >= 11 is 0. The number of benzene rings is 2. The van der Waals surface area contributed by atoms with E-state index in [0.29, 0.717) is 0 Å². The van der Waals surface area contributed by atoms with Crippen molar-refractivity contribution in [1.82, 2.24) is 15.1 Å². The first-order valence-electron chi connectivity index (χ1n) is 10.7. The summed E-state index contributed by atoms with van der Waals surface area (Å²) in [4.78, 5) is 15.8. The second-order valence-corrected chi connectivity index (χ2v) is 9.50. The van der Waals surface area contributed by atoms with Gasteiger partial charge < -0.3 is 14.1 Å². The molecule has 3 aromatic rings. The van der Waals surface area contributed by atoms with Gasteiger partial charge in [0.1, 0.15) is 11.6 Å². The first-order valence-corrected chi connectivity index (χ1v) is 12.2. The van der Waals surface area contributed by atoms with Crippen LogP contribution in [0.2, 0.25) is 0 Å². The largest absolute Gasteiger partial charge is 0.573 e. The van der Waals surface area contributed by atoms with Gasteiger partial charge in [0.15, 0.2) is 0 Å². The van der Waals surface area contributed by atoms with Crippen LogP contribution in [0.15, 0.2) is 46.9 Å². The molecule has 1 saturated heterocycles. The first kappa shape index (κ1) is 26.4. The van der Waals surface area contributed by atoms with E-state index in [4.69, 9.17) is 4.42 Å². The van der Waals surface area contributed by atoms with Crippen LogP contribution in [0.3, 0.4) is 0 Å². The molecule has 0 bridgehead atoms. The van der Waals surface area contributed by atoms with Crippen LogP contribution >= 0.6 is 0 Å². The van der Waals surface area contributed by atoms with Crippen molar-refractivity contribution in [2.75, 3.05) is 29.5 Å². The SMILES string of the molecule is O=C(N1CCS(=O)CC1)N(Cc1ccc(-c2nnc(C(F)F)o2)cc1F)c1cccc(OC(F)(F)F)c1. The average molecular weight is 548 g/mol. The van der Waals surface area contributed by atoms with Gasteiger partial charge in [0, 0.05) is 58.3 Å². The molecule has 1 aliphatic rings. The quantitative estimate of drug-likeness (QED) is 0.407. The lowest BCUT2D eigenvalue weighted by molar-refractivity contribution is -0.274. The normalized spacial score (nSPS) is 14.7. The molecule has 2 heterocycles. The van der Waals surface area contributed by atoms with Crippen LogP contribution in [0.1, 0.15) is 17.9 Å². The maximum absolute atomic E-state index is 15.0. The Labute approximate surface area is 208 Å². The van der Waals surface area contributed by atoms with E-state index < -0.39 is 53.6 Å². The Morgan fingerprint density at radius 2 is 1.86 bits per heavy atom. The lowest BCUT2D eigenvalue weighted by atomic mass is 10.1. The number of hydrogen-bond acceptors (Lipinski definition) is 6. The number of halogens is 6. The van der Waals surface area contributed by atoms with E-state index in [9.17, 15) is 31.0 Å². The minimum atomic E-state index is -4.97. The zero-order valence-electron chi connectivity index (χ0n) is 18.8. The van der Waals surface area contributed by atoms with Crippen molar-refractivity contribution >= 4 is 22.5 Å². The minimum Gasteiger partial charge on any atom is -0.415 e. The molecule has 0 unspecified atom stereocenters. The van der Waals surface area contributed by atoms with E-state index >= 15 is 4.39 Å². The van der Waals surface area contributed by atoms with Crippen LogP contribution < -0.4 is 9.64 Å². The summed E-state index contributed by atoms with van der Waals surface area (Å²) in [5.41, 5.74) is -0.0218. The van der Waals surface area contributed by atoms with Crippen molar-refractivity contribution in [2.24, 2.45) is 0 Å². The van der Waals surface area contributed by atoms with E-state index in [-0.39, 0.29) is 47.3 Å². The number of anilines is 1. The van der Waals surface area contributed by atoms with Crippen molar-refractivity contribution in [1.29, 1.82) is 0 Å². The second kappa shape index (κ2) is 10.8. The standard InChI is InChI=1S/C22H18F6N4O4S/c23-17-10-13(19-29-30-20(35-19)18(24)25)4-5-14(17)12-32(21(33)31-6-8-37(34)9-7-31)15-2-1-3-16(11-15)36-22(26,27)28/h1-5,10-11,18H,6-9,12H2. The molecule has 4 rings (SSSR count). The van der Waals surface area contributed by atoms with Crippen molar-refractivity contribution in [3.8, 4) is 17.2 Å². The molecule has 8 nitrogen and oxygen atoms in total. The third-order valence-corrected chi connectivity index (χ3v) is 6.57. The van der Waals surface area contributed by atoms with Crippen molar-refractivity contribution in [3.63, 3.8) is 0 Å². The number of alkyl halides is 5. The number of nitrogens with zero attached hydrogens (tertiary/aromatic N) is 4.